The van der Waals surface area contributed by atoms with Gasteiger partial charge in [-0.15, -0.1) is 11.8 Å². The van der Waals surface area contributed by atoms with Gasteiger partial charge in [0.1, 0.15) is 24.5 Å². The predicted octanol–water partition coefficient (Wildman–Crippen LogP) is -1.68. The SMILES string of the molecule is [B][P+]1(O)OCC2OC(N3c4nc[nH]c(=O)c4NC3SCCN)C(O)[C@@H]2O1. The van der Waals surface area contributed by atoms with Crippen LogP contribution in [0.5, 0.6) is 0 Å². The molecule has 6 atom stereocenters. The number of hydrogen-bond donors (Lipinski definition) is 5. The van der Waals surface area contributed by atoms with Crippen molar-refractivity contribution in [2.45, 2.75) is 30.0 Å². The Hall–Kier alpha value is -0.915. The van der Waals surface area contributed by atoms with Crippen LogP contribution in [-0.4, -0.2) is 76.5 Å². The maximum Gasteiger partial charge on any atom is 0.488 e. The Morgan fingerprint density at radius 3 is 3.15 bits per heavy atom. The first-order chi connectivity index (χ1) is 12.4. The van der Waals surface area contributed by atoms with Gasteiger partial charge in [-0.3, -0.25) is 9.69 Å². The highest BCUT2D eigenvalue weighted by atomic mass is 32.2. The molecule has 14 heteroatoms. The summed E-state index contributed by atoms with van der Waals surface area (Å²) in [5, 5.41) is 13.8. The van der Waals surface area contributed by atoms with Gasteiger partial charge in [-0.25, -0.2) is 9.88 Å². The molecule has 140 valence electrons. The summed E-state index contributed by atoms with van der Waals surface area (Å²) >= 11 is 1.45. The van der Waals surface area contributed by atoms with E-state index in [1.54, 1.807) is 4.90 Å². The third kappa shape index (κ3) is 3.12. The quantitative estimate of drug-likeness (QED) is 0.290. The van der Waals surface area contributed by atoms with Crippen LogP contribution in [0.4, 0.5) is 11.5 Å². The van der Waals surface area contributed by atoms with E-state index in [0.717, 1.165) is 0 Å². The van der Waals surface area contributed by atoms with Gasteiger partial charge >= 0.3 is 15.4 Å². The number of H-pyrrole nitrogens is 1. The van der Waals surface area contributed by atoms with Crippen molar-refractivity contribution in [3.8, 4) is 0 Å². The van der Waals surface area contributed by atoms with E-state index in [1.165, 1.54) is 18.1 Å². The number of rotatable bonds is 4. The number of aromatic nitrogens is 2. The van der Waals surface area contributed by atoms with Gasteiger partial charge in [-0.05, 0) is 0 Å². The van der Waals surface area contributed by atoms with E-state index in [-0.39, 0.29) is 17.9 Å². The number of anilines is 2. The van der Waals surface area contributed by atoms with Crippen molar-refractivity contribution >= 4 is 38.7 Å². The number of hydrogen-bond acceptors (Lipinski definition) is 11. The molecule has 2 fully saturated rings. The van der Waals surface area contributed by atoms with Crippen molar-refractivity contribution in [1.82, 2.24) is 9.97 Å². The second-order valence-corrected chi connectivity index (χ2v) is 8.76. The molecule has 26 heavy (non-hydrogen) atoms. The standard InChI is InChI=1S/C12H18BN5O6PS/c13-25(21)22-3-5-8(24-25)7(19)11(23-5)18-9-6(10(20)16-4-15-9)17-12(18)26-2-1-14/h4-5,7-8,11-12,17,19,21H,1-3,14H2,(H,15,16,20)/q+1/t5?,7?,8-,11?,12?,25?/m1/s1. The van der Waals surface area contributed by atoms with Crippen molar-refractivity contribution in [2.75, 3.05) is 29.1 Å². The summed E-state index contributed by atoms with van der Waals surface area (Å²) in [7, 11) is 2.06. The number of fused-ring (bicyclic) bond motifs is 2. The van der Waals surface area contributed by atoms with E-state index in [0.29, 0.717) is 18.1 Å². The monoisotopic (exact) mass is 402 g/mol. The number of aliphatic hydroxyl groups excluding tert-OH is 1. The van der Waals surface area contributed by atoms with Crippen molar-refractivity contribution in [2.24, 2.45) is 5.73 Å². The zero-order chi connectivity index (χ0) is 18.5. The molecule has 2 radical (unpaired) electrons. The lowest BCUT2D eigenvalue weighted by molar-refractivity contribution is -0.0443. The largest absolute Gasteiger partial charge is 0.488 e. The summed E-state index contributed by atoms with van der Waals surface area (Å²) in [6, 6.07) is 0. The van der Waals surface area contributed by atoms with Gasteiger partial charge in [0.15, 0.2) is 23.6 Å². The molecule has 1 aromatic heterocycles. The van der Waals surface area contributed by atoms with E-state index in [2.05, 4.69) is 15.3 Å². The summed E-state index contributed by atoms with van der Waals surface area (Å²) in [5.41, 5.74) is 5.12. The van der Waals surface area contributed by atoms with Gasteiger partial charge in [-0.1, -0.05) is 0 Å². The van der Waals surface area contributed by atoms with E-state index in [4.69, 9.17) is 27.1 Å². The number of nitrogens with one attached hydrogen (secondary N) is 2. The first-order valence-electron chi connectivity index (χ1n) is 7.92. The fourth-order valence-corrected chi connectivity index (χ4v) is 5.15. The fourth-order valence-electron chi connectivity index (χ4n) is 3.17. The van der Waals surface area contributed by atoms with E-state index in [1.807, 2.05) is 0 Å². The molecule has 3 aliphatic heterocycles. The Morgan fingerprint density at radius 1 is 1.58 bits per heavy atom. The van der Waals surface area contributed by atoms with E-state index in [9.17, 15) is 14.8 Å². The number of nitrogens with two attached hydrogens (primary N) is 1. The molecule has 3 aliphatic rings. The molecule has 0 spiro atoms. The number of ether oxygens (including phenoxy) is 1. The molecule has 4 heterocycles. The molecular formula is C12H18BN5O6PS+. The van der Waals surface area contributed by atoms with Crippen LogP contribution in [0.15, 0.2) is 11.1 Å². The van der Waals surface area contributed by atoms with Crippen LogP contribution in [-0.2, 0) is 13.8 Å². The van der Waals surface area contributed by atoms with Gasteiger partial charge in [0.2, 0.25) is 0 Å². The number of thioether (sulfide) groups is 1. The second kappa shape index (κ2) is 6.91. The van der Waals surface area contributed by atoms with Crippen LogP contribution in [0.25, 0.3) is 0 Å². The minimum Gasteiger partial charge on any atom is -0.385 e. The predicted molar refractivity (Wildman–Crippen MR) is 96.6 cm³/mol. The molecule has 0 bridgehead atoms. The van der Waals surface area contributed by atoms with Gasteiger partial charge in [-0.2, -0.15) is 9.05 Å². The normalized spacial score (nSPS) is 38.7. The first kappa shape index (κ1) is 18.4. The zero-order valence-corrected chi connectivity index (χ0v) is 15.2. The summed E-state index contributed by atoms with van der Waals surface area (Å²) in [6.07, 6.45) is -2.17. The van der Waals surface area contributed by atoms with Crippen LogP contribution < -0.4 is 21.5 Å². The molecule has 4 rings (SSSR count). The average Bonchev–Trinajstić information content (AvgIpc) is 3.11. The summed E-state index contributed by atoms with van der Waals surface area (Å²) < 4.78 is 16.3. The van der Waals surface area contributed by atoms with Crippen molar-refractivity contribution in [1.29, 1.82) is 0 Å². The Bertz CT molecular complexity index is 742. The smallest absolute Gasteiger partial charge is 0.385 e. The lowest BCUT2D eigenvalue weighted by atomic mass is 10.1. The third-order valence-corrected chi connectivity index (χ3v) is 6.47. The minimum atomic E-state index is -3.48. The highest BCUT2D eigenvalue weighted by Gasteiger charge is 2.59. The van der Waals surface area contributed by atoms with Crippen molar-refractivity contribution < 1.29 is 23.8 Å². The maximum absolute atomic E-state index is 12.1. The molecular weight excluding hydrogens is 384 g/mol. The molecule has 11 nitrogen and oxygen atoms in total. The molecule has 5 unspecified atom stereocenters. The van der Waals surface area contributed by atoms with E-state index < -0.39 is 37.9 Å². The second-order valence-electron chi connectivity index (χ2n) is 5.98. The Labute approximate surface area is 154 Å². The van der Waals surface area contributed by atoms with Crippen LogP contribution in [0.1, 0.15) is 0 Å². The molecule has 6 N–H and O–H groups in total. The average molecular weight is 402 g/mol. The molecule has 2 saturated heterocycles. The summed E-state index contributed by atoms with van der Waals surface area (Å²) in [5.74, 6) is 0.966. The minimum absolute atomic E-state index is 0.00343. The van der Waals surface area contributed by atoms with Crippen molar-refractivity contribution in [3.05, 3.63) is 16.7 Å². The van der Waals surface area contributed by atoms with Gasteiger partial charge < -0.3 is 25.9 Å². The maximum atomic E-state index is 12.1. The van der Waals surface area contributed by atoms with E-state index >= 15 is 0 Å². The van der Waals surface area contributed by atoms with Gasteiger partial charge in [0.05, 0.1) is 6.33 Å². The van der Waals surface area contributed by atoms with Crippen LogP contribution >= 0.6 is 19.6 Å². The summed E-state index contributed by atoms with van der Waals surface area (Å²) in [4.78, 5) is 30.3. The highest BCUT2D eigenvalue weighted by Crippen LogP contribution is 2.58. The molecule has 0 saturated carbocycles. The Balaban J connectivity index is 1.64. The van der Waals surface area contributed by atoms with Gasteiger partial charge in [0, 0.05) is 12.3 Å². The number of nitrogens with zero attached hydrogens (tertiary/aromatic N) is 2. The van der Waals surface area contributed by atoms with Crippen molar-refractivity contribution in [3.63, 3.8) is 0 Å². The number of aromatic amines is 1. The van der Waals surface area contributed by atoms with Gasteiger partial charge in [0.25, 0.3) is 5.56 Å². The topological polar surface area (TPSA) is 155 Å². The molecule has 0 amide bonds. The molecule has 0 aliphatic carbocycles. The summed E-state index contributed by atoms with van der Waals surface area (Å²) in [6.45, 7) is 0.439. The highest BCUT2D eigenvalue weighted by molar-refractivity contribution is 8.00. The van der Waals surface area contributed by atoms with Crippen LogP contribution in [0.2, 0.25) is 0 Å². The van der Waals surface area contributed by atoms with Crippen LogP contribution in [0.3, 0.4) is 0 Å². The Kier molecular flexibility index (Phi) is 4.91. The lowest BCUT2D eigenvalue weighted by Gasteiger charge is -2.32. The number of aliphatic hydroxyl groups is 1. The molecule has 0 aromatic carbocycles. The zero-order valence-electron chi connectivity index (χ0n) is 13.5. The lowest BCUT2D eigenvalue weighted by Crippen LogP contribution is -2.49. The third-order valence-electron chi connectivity index (χ3n) is 4.27. The molecule has 1 aromatic rings. The Morgan fingerprint density at radius 2 is 2.38 bits per heavy atom. The first-order valence-corrected chi connectivity index (χ1v) is 10.6. The fraction of sp³-hybridized carbons (Fsp3) is 0.667. The van der Waals surface area contributed by atoms with Crippen LogP contribution in [0, 0.1) is 0 Å².